The lowest BCUT2D eigenvalue weighted by atomic mass is 10.2. The number of hydrogen-bond donors (Lipinski definition) is 0. The second kappa shape index (κ2) is 9.02. The van der Waals surface area contributed by atoms with Crippen molar-refractivity contribution in [3.8, 4) is 0 Å². The molecule has 1 aliphatic heterocycles. The van der Waals surface area contributed by atoms with Crippen LogP contribution in [-0.2, 0) is 4.79 Å². The molecule has 0 saturated carbocycles. The van der Waals surface area contributed by atoms with Gasteiger partial charge in [0, 0.05) is 49.9 Å². The summed E-state index contributed by atoms with van der Waals surface area (Å²) in [5, 5.41) is 0.620. The van der Waals surface area contributed by atoms with Gasteiger partial charge in [0.1, 0.15) is 0 Å². The fraction of sp³-hybridized carbons (Fsp3) is 0.474. The van der Waals surface area contributed by atoms with Crippen molar-refractivity contribution in [1.29, 1.82) is 0 Å². The molecule has 0 radical (unpaired) electrons. The van der Waals surface area contributed by atoms with Crippen LogP contribution in [0.3, 0.4) is 0 Å². The van der Waals surface area contributed by atoms with E-state index < -0.39 is 0 Å². The normalized spacial score (nSPS) is 15.1. The van der Waals surface area contributed by atoms with Gasteiger partial charge < -0.3 is 9.80 Å². The third-order valence-corrected chi connectivity index (χ3v) is 4.56. The summed E-state index contributed by atoms with van der Waals surface area (Å²) in [4.78, 5) is 30.6. The molecule has 1 heterocycles. The quantitative estimate of drug-likeness (QED) is 0.729. The Labute approximate surface area is 154 Å². The van der Waals surface area contributed by atoms with Crippen LogP contribution in [0.25, 0.3) is 0 Å². The molecule has 1 saturated heterocycles. The molecule has 2 rings (SSSR count). The van der Waals surface area contributed by atoms with Crippen molar-refractivity contribution in [2.75, 3.05) is 45.8 Å². The number of piperazine rings is 1. The van der Waals surface area contributed by atoms with Crippen LogP contribution in [-0.4, -0.2) is 72.3 Å². The van der Waals surface area contributed by atoms with Crippen molar-refractivity contribution in [1.82, 2.24) is 14.7 Å². The zero-order valence-electron chi connectivity index (χ0n) is 15.0. The highest BCUT2D eigenvalue weighted by atomic mass is 35.5. The number of rotatable bonds is 6. The molecule has 1 fully saturated rings. The molecule has 5 nitrogen and oxygen atoms in total. The number of carbonyl (C=O) groups excluding carboxylic acids is 2. The summed E-state index contributed by atoms with van der Waals surface area (Å²) in [7, 11) is 0. The molecule has 0 spiro atoms. The number of likely N-dealkylation sites (N-methyl/N-ethyl adjacent to an activating group) is 1. The van der Waals surface area contributed by atoms with E-state index in [1.54, 1.807) is 24.3 Å². The summed E-state index contributed by atoms with van der Waals surface area (Å²) < 4.78 is 0. The van der Waals surface area contributed by atoms with E-state index in [0.29, 0.717) is 56.4 Å². The smallest absolute Gasteiger partial charge is 0.253 e. The molecule has 0 aliphatic carbocycles. The summed E-state index contributed by atoms with van der Waals surface area (Å²) >= 11 is 5.87. The lowest BCUT2D eigenvalue weighted by Crippen LogP contribution is -2.51. The van der Waals surface area contributed by atoms with E-state index in [4.69, 9.17) is 11.6 Å². The van der Waals surface area contributed by atoms with E-state index in [-0.39, 0.29) is 11.8 Å². The van der Waals surface area contributed by atoms with E-state index >= 15 is 0 Å². The van der Waals surface area contributed by atoms with Gasteiger partial charge in [0.25, 0.3) is 5.91 Å². The van der Waals surface area contributed by atoms with E-state index in [1.807, 2.05) is 23.6 Å². The molecule has 0 unspecified atom stereocenters. The standard InChI is InChI=1S/C19H26ClN3O2/c1-4-22(13-15(2)3)18(24)14-21-9-11-23(12-10-21)19(25)16-5-7-17(20)8-6-16/h5-8H,2,4,9-14H2,1,3H3. The van der Waals surface area contributed by atoms with E-state index in [2.05, 4.69) is 11.5 Å². The SMILES string of the molecule is C=C(C)CN(CC)C(=O)CN1CCN(C(=O)c2ccc(Cl)cc2)CC1. The summed E-state index contributed by atoms with van der Waals surface area (Å²) in [5.74, 6) is 0.128. The number of carbonyl (C=O) groups is 2. The van der Waals surface area contributed by atoms with Gasteiger partial charge in [-0.05, 0) is 38.1 Å². The van der Waals surface area contributed by atoms with Gasteiger partial charge in [-0.15, -0.1) is 0 Å². The van der Waals surface area contributed by atoms with Crippen molar-refractivity contribution in [3.05, 3.63) is 47.0 Å². The molecule has 136 valence electrons. The molecular formula is C19H26ClN3O2. The van der Waals surface area contributed by atoms with Crippen LogP contribution in [0.4, 0.5) is 0 Å². The minimum absolute atomic E-state index is 0.0140. The van der Waals surface area contributed by atoms with Gasteiger partial charge in [-0.1, -0.05) is 23.8 Å². The maximum absolute atomic E-state index is 12.5. The first kappa shape index (κ1) is 19.5. The minimum atomic E-state index is 0.0140. The zero-order chi connectivity index (χ0) is 18.4. The van der Waals surface area contributed by atoms with Crippen LogP contribution in [0.15, 0.2) is 36.4 Å². The highest BCUT2D eigenvalue weighted by Gasteiger charge is 2.24. The molecule has 1 aromatic carbocycles. The second-order valence-electron chi connectivity index (χ2n) is 6.44. The van der Waals surface area contributed by atoms with E-state index in [1.165, 1.54) is 0 Å². The van der Waals surface area contributed by atoms with Crippen LogP contribution >= 0.6 is 11.6 Å². The Morgan fingerprint density at radius 1 is 1.16 bits per heavy atom. The number of halogens is 1. The van der Waals surface area contributed by atoms with Crippen molar-refractivity contribution in [3.63, 3.8) is 0 Å². The summed E-state index contributed by atoms with van der Waals surface area (Å²) in [6.07, 6.45) is 0. The monoisotopic (exact) mass is 363 g/mol. The van der Waals surface area contributed by atoms with Gasteiger partial charge in [-0.25, -0.2) is 0 Å². The zero-order valence-corrected chi connectivity index (χ0v) is 15.8. The third-order valence-electron chi connectivity index (χ3n) is 4.30. The molecule has 0 bridgehead atoms. The Hall–Kier alpha value is -1.85. The first-order valence-electron chi connectivity index (χ1n) is 8.60. The third kappa shape index (κ3) is 5.58. The molecular weight excluding hydrogens is 338 g/mol. The van der Waals surface area contributed by atoms with Crippen molar-refractivity contribution in [2.45, 2.75) is 13.8 Å². The molecule has 0 N–H and O–H groups in total. The summed E-state index contributed by atoms with van der Waals surface area (Å²) in [6, 6.07) is 6.95. The first-order valence-corrected chi connectivity index (χ1v) is 8.98. The maximum Gasteiger partial charge on any atom is 0.253 e. The highest BCUT2D eigenvalue weighted by molar-refractivity contribution is 6.30. The van der Waals surface area contributed by atoms with Crippen molar-refractivity contribution in [2.24, 2.45) is 0 Å². The van der Waals surface area contributed by atoms with E-state index in [9.17, 15) is 9.59 Å². The van der Waals surface area contributed by atoms with Crippen LogP contribution in [0.5, 0.6) is 0 Å². The number of amides is 2. The second-order valence-corrected chi connectivity index (χ2v) is 6.88. The van der Waals surface area contributed by atoms with Crippen molar-refractivity contribution >= 4 is 23.4 Å². The lowest BCUT2D eigenvalue weighted by molar-refractivity contribution is -0.132. The number of benzene rings is 1. The average Bonchev–Trinajstić information content (AvgIpc) is 2.60. The van der Waals surface area contributed by atoms with Crippen LogP contribution in [0, 0.1) is 0 Å². The lowest BCUT2D eigenvalue weighted by Gasteiger charge is -2.35. The Morgan fingerprint density at radius 2 is 1.76 bits per heavy atom. The summed E-state index contributed by atoms with van der Waals surface area (Å²) in [6.45, 7) is 12.1. The maximum atomic E-state index is 12.5. The molecule has 0 atom stereocenters. The van der Waals surface area contributed by atoms with Crippen LogP contribution in [0.1, 0.15) is 24.2 Å². The topological polar surface area (TPSA) is 43.9 Å². The van der Waals surface area contributed by atoms with Gasteiger partial charge in [0.15, 0.2) is 0 Å². The van der Waals surface area contributed by atoms with Gasteiger partial charge in [-0.2, -0.15) is 0 Å². The van der Waals surface area contributed by atoms with Gasteiger partial charge in [0.05, 0.1) is 6.54 Å². The Bertz CT molecular complexity index is 622. The predicted molar refractivity (Wildman–Crippen MR) is 101 cm³/mol. The van der Waals surface area contributed by atoms with Crippen molar-refractivity contribution < 1.29 is 9.59 Å². The molecule has 0 aromatic heterocycles. The molecule has 2 amide bonds. The van der Waals surface area contributed by atoms with Gasteiger partial charge in [-0.3, -0.25) is 14.5 Å². The van der Waals surface area contributed by atoms with Gasteiger partial charge in [0.2, 0.25) is 5.91 Å². The van der Waals surface area contributed by atoms with Crippen LogP contribution in [0.2, 0.25) is 5.02 Å². The first-order chi connectivity index (χ1) is 11.9. The summed E-state index contributed by atoms with van der Waals surface area (Å²) in [5.41, 5.74) is 1.63. The molecule has 6 heteroatoms. The van der Waals surface area contributed by atoms with E-state index in [0.717, 1.165) is 5.57 Å². The number of nitrogens with zero attached hydrogens (tertiary/aromatic N) is 3. The largest absolute Gasteiger partial charge is 0.338 e. The van der Waals surface area contributed by atoms with Crippen LogP contribution < -0.4 is 0 Å². The molecule has 25 heavy (non-hydrogen) atoms. The highest BCUT2D eigenvalue weighted by Crippen LogP contribution is 2.13. The average molecular weight is 364 g/mol. The number of hydrogen-bond acceptors (Lipinski definition) is 3. The molecule has 1 aromatic rings. The Kier molecular flexibility index (Phi) is 7.02. The predicted octanol–water partition coefficient (Wildman–Crippen LogP) is 2.52. The fourth-order valence-corrected chi connectivity index (χ4v) is 3.00. The molecule has 1 aliphatic rings. The Balaban J connectivity index is 1.84. The Morgan fingerprint density at radius 3 is 2.28 bits per heavy atom. The fourth-order valence-electron chi connectivity index (χ4n) is 2.88. The minimum Gasteiger partial charge on any atom is -0.338 e. The van der Waals surface area contributed by atoms with Gasteiger partial charge >= 0.3 is 0 Å².